The van der Waals surface area contributed by atoms with Gasteiger partial charge in [0.15, 0.2) is 0 Å². The van der Waals surface area contributed by atoms with Crippen LogP contribution in [0.15, 0.2) is 0 Å². The van der Waals surface area contributed by atoms with Crippen molar-refractivity contribution >= 4 is 147 Å². The molecule has 15 unspecified atom stereocenters. The molecule has 0 amide bonds. The Bertz CT molecular complexity index is 2740. The number of hydrogen-bond acceptors (Lipinski definition) is 31. The van der Waals surface area contributed by atoms with E-state index < -0.39 is 90.9 Å². The van der Waals surface area contributed by atoms with Crippen molar-refractivity contribution in [3.63, 3.8) is 0 Å². The third kappa shape index (κ3) is 69.9. The minimum absolute atomic E-state index is 0.0751. The number of aliphatic hydroxyl groups excluding tert-OH is 1. The van der Waals surface area contributed by atoms with Gasteiger partial charge in [-0.05, 0) is 317 Å². The van der Waals surface area contributed by atoms with Gasteiger partial charge in [-0.2, -0.15) is 0 Å². The highest BCUT2D eigenvalue weighted by Crippen LogP contribution is 2.70. The Balaban J connectivity index is -0.00000195. The van der Waals surface area contributed by atoms with E-state index in [2.05, 4.69) is 123 Å². The van der Waals surface area contributed by atoms with Crippen molar-refractivity contribution in [2.45, 2.75) is 404 Å². The molecule has 0 aromatic carbocycles. The third-order valence-corrected chi connectivity index (χ3v) is 42.6. The molecule has 0 saturated heterocycles. The van der Waals surface area contributed by atoms with Gasteiger partial charge in [-0.15, -0.1) is 0 Å². The summed E-state index contributed by atoms with van der Waals surface area (Å²) in [4.78, 5) is 10.5. The summed E-state index contributed by atoms with van der Waals surface area (Å²) in [7, 11) is 0. The van der Waals surface area contributed by atoms with Crippen LogP contribution in [0.25, 0.3) is 0 Å². The lowest BCUT2D eigenvalue weighted by Crippen LogP contribution is -2.19. The van der Waals surface area contributed by atoms with Gasteiger partial charge in [-0.1, -0.05) is 123 Å². The van der Waals surface area contributed by atoms with Gasteiger partial charge in [-0.3, -0.25) is 63.3 Å². The van der Waals surface area contributed by atoms with Crippen LogP contribution in [0.2, 0.25) is 0 Å². The molecule has 41 heteroatoms. The van der Waals surface area contributed by atoms with Gasteiger partial charge < -0.3 is 19.0 Å². The minimum Gasteiger partial charge on any atom is -0.393 e. The molecular formula is C75H164O25P8S8. The van der Waals surface area contributed by atoms with Gasteiger partial charge in [0.1, 0.15) is 0 Å². The molecule has 0 fully saturated rings. The topological polar surface area (TPSA) is 308 Å². The molecular weight excluding hydrogens is 1810 g/mol. The maximum atomic E-state index is 14.6. The van der Waals surface area contributed by atoms with Crippen LogP contribution in [0.3, 0.4) is 0 Å². The van der Waals surface area contributed by atoms with E-state index in [1.165, 1.54) is 0 Å². The Kier molecular flexibility index (Phi) is 66.7. The summed E-state index contributed by atoms with van der Waals surface area (Å²) >= 11 is 14.8. The fraction of sp³-hybridized carbons (Fsp3) is 1.00. The molecule has 0 radical (unpaired) electrons. The zero-order valence-corrected chi connectivity index (χ0v) is 91.3. The van der Waals surface area contributed by atoms with Gasteiger partial charge in [-0.25, -0.2) is 32.0 Å². The molecule has 0 aromatic rings. The van der Waals surface area contributed by atoms with Gasteiger partial charge in [0.05, 0.1) is 104 Å². The first-order chi connectivity index (χ1) is 52.7. The lowest BCUT2D eigenvalue weighted by atomic mass is 10.1. The highest BCUT2D eigenvalue weighted by atomic mass is 32.7. The molecule has 0 rings (SSSR count). The molecule has 0 spiro atoms. The maximum Gasteiger partial charge on any atom is 0.389 e. The average Bonchev–Trinajstić information content (AvgIpc) is 0.842. The van der Waals surface area contributed by atoms with Crippen molar-refractivity contribution < 1.29 is 114 Å². The zero-order chi connectivity index (χ0) is 90.9. The molecule has 0 aliphatic carbocycles. The van der Waals surface area contributed by atoms with E-state index >= 15 is 0 Å². The Morgan fingerprint density at radius 1 is 0.233 bits per heavy atom. The van der Waals surface area contributed by atoms with E-state index in [0.29, 0.717) is 73.0 Å². The van der Waals surface area contributed by atoms with Crippen LogP contribution in [-0.4, -0.2) is 148 Å². The van der Waals surface area contributed by atoms with E-state index in [1.54, 1.807) is 83.1 Å². The van der Waals surface area contributed by atoms with E-state index in [4.69, 9.17) is 84.2 Å². The molecule has 0 heterocycles. The molecule has 0 saturated carbocycles. The fourth-order valence-corrected chi connectivity index (χ4v) is 40.6. The summed E-state index contributed by atoms with van der Waals surface area (Å²) in [6, 6.07) is 0. The first-order valence-corrected chi connectivity index (χ1v) is 65.5. The summed E-state index contributed by atoms with van der Waals surface area (Å²) < 4.78 is 190. The van der Waals surface area contributed by atoms with Crippen LogP contribution in [0, 0.1) is 47.3 Å². The van der Waals surface area contributed by atoms with Crippen LogP contribution in [0.1, 0.15) is 301 Å². The number of hydrogen-bond donors (Lipinski definition) is 3. The predicted molar refractivity (Wildman–Crippen MR) is 507 cm³/mol. The Labute approximate surface area is 741 Å². The molecule has 0 aliphatic heterocycles. The van der Waals surface area contributed by atoms with Gasteiger partial charge in [0.2, 0.25) is 0 Å². The van der Waals surface area contributed by atoms with Crippen LogP contribution < -0.4 is 0 Å². The zero-order valence-electron chi connectivity index (χ0n) is 77.5. The van der Waals surface area contributed by atoms with E-state index in [9.17, 15) is 42.0 Å². The van der Waals surface area contributed by atoms with Crippen molar-refractivity contribution in [3.8, 4) is 0 Å². The highest BCUT2D eigenvalue weighted by molar-refractivity contribution is 8.57. The summed E-state index contributed by atoms with van der Waals surface area (Å²) in [5, 5.41) is 9.99. The molecule has 15 atom stereocenters. The normalized spacial score (nSPS) is 20.2. The van der Waals surface area contributed by atoms with Crippen molar-refractivity contribution in [2.24, 2.45) is 47.3 Å². The lowest BCUT2D eigenvalue weighted by molar-refractivity contribution is 0.118. The molecule has 116 heavy (non-hydrogen) atoms. The van der Waals surface area contributed by atoms with Crippen LogP contribution in [-0.2, 0) is 116 Å². The Morgan fingerprint density at radius 2 is 0.371 bits per heavy atom. The molecule has 0 aliphatic rings. The van der Waals surface area contributed by atoms with E-state index in [-0.39, 0.29) is 102 Å². The second kappa shape index (κ2) is 62.4. The van der Waals surface area contributed by atoms with Crippen LogP contribution >= 0.6 is 135 Å². The number of aliphatic hydroxyl groups is 1. The summed E-state index contributed by atoms with van der Waals surface area (Å²) in [5.41, 5.74) is 0. The Hall–Kier alpha value is 3.99. The molecule has 0 bridgehead atoms. The quantitative estimate of drug-likeness (QED) is 0.0376. The van der Waals surface area contributed by atoms with Crippen molar-refractivity contribution in [1.82, 2.24) is 0 Å². The SMILES string of the molecule is CC(C)CC(C)OP(=O)(OC(C)CC(C)C)SCC(C)OP(=O)(OC(C)CSP(=O)(OC(C)CC(C)C)OC(C)CC(C)C)SCC(C)O.CC(C)CC(C)OP(=O)(OC(C)CC(C)C)SCC(C)OP(=O)(OC(C)CSP(=O)(OC(C)CC(C)C)OC(C)CC(C)C)SCC(C)OP(O)(=S)OC(C)C.CC(C)OP(=O)(S)OC(C)C. The van der Waals surface area contributed by atoms with Crippen LogP contribution in [0.5, 0.6) is 0 Å². The molecule has 2 N–H and O–H groups in total. The molecule has 702 valence electrons. The van der Waals surface area contributed by atoms with E-state index in [0.717, 1.165) is 94.0 Å². The summed E-state index contributed by atoms with van der Waals surface area (Å²) in [6.45, 7) is 40.1. The van der Waals surface area contributed by atoms with E-state index in [1.807, 2.05) is 55.4 Å². The van der Waals surface area contributed by atoms with Gasteiger partial charge in [0.25, 0.3) is 0 Å². The largest absolute Gasteiger partial charge is 0.393 e. The second-order valence-electron chi connectivity index (χ2n) is 34.7. The second-order valence-corrected chi connectivity index (χ2v) is 64.4. The first kappa shape index (κ1) is 124. The minimum atomic E-state index is -4.00. The number of thiol groups is 1. The standard InChI is InChI=1S/C36H78O12P4S4.C33H71O10P3S3.C6H15O3PS/c1-25(2)18-30(11)43-50(38,44-31(12)19-26(3)4)55-23-35(16)47-52(40,54-22-34(15)42-49(37,53)41-29(9)10)48-36(17)24-56-51(39,45-32(13)20-27(5)6)46-33(14)21-28(7)8;1-23(2)16-28(10)38-44(35,39-29(11)17-24(3)4)48-21-32(14)42-46(37,47-20-27(9)34)43-33(15)22-49-45(36,40-30(12)18-25(5)6)41-31(13)19-26(7)8;1-5(2)8-10(7,11)9-6(3)4/h25-36H,18-24H2,1-17H3,(H,37,53);23-34H,16-22H2,1-15H3;5-6H,1-4H3,(H,7,11). The maximum absolute atomic E-state index is 14.6. The van der Waals surface area contributed by atoms with Crippen LogP contribution in [0.4, 0.5) is 0 Å². The van der Waals surface area contributed by atoms with Crippen molar-refractivity contribution in [2.75, 3.05) is 34.5 Å². The predicted octanol–water partition coefficient (Wildman–Crippen LogP) is 29.6. The smallest absolute Gasteiger partial charge is 0.389 e. The third-order valence-electron chi connectivity index (χ3n) is 14.3. The van der Waals surface area contributed by atoms with Crippen molar-refractivity contribution in [1.29, 1.82) is 0 Å². The van der Waals surface area contributed by atoms with Gasteiger partial charge in [0, 0.05) is 34.5 Å². The highest BCUT2D eigenvalue weighted by Gasteiger charge is 2.41. The summed E-state index contributed by atoms with van der Waals surface area (Å²) in [5.74, 6) is 3.55. The average molecular weight is 1970 g/mol. The molecule has 0 aromatic heterocycles. The molecule has 25 nitrogen and oxygen atoms in total. The lowest BCUT2D eigenvalue weighted by Gasteiger charge is -2.29. The Morgan fingerprint density at radius 3 is 0.509 bits per heavy atom. The van der Waals surface area contributed by atoms with Gasteiger partial charge >= 0.3 is 54.3 Å². The fourth-order valence-electron chi connectivity index (χ4n) is 11.2. The van der Waals surface area contributed by atoms with Crippen molar-refractivity contribution in [3.05, 3.63) is 0 Å². The monoisotopic (exact) mass is 1970 g/mol. The summed E-state index contributed by atoms with van der Waals surface area (Å²) in [6.07, 6.45) is -1.44. The number of rotatable bonds is 66. The first-order valence-electron chi connectivity index (χ1n) is 41.4.